The summed E-state index contributed by atoms with van der Waals surface area (Å²) >= 11 is 3.45. The monoisotopic (exact) mass is 387 g/mol. The van der Waals surface area contributed by atoms with Gasteiger partial charge in [-0.2, -0.15) is 0 Å². The van der Waals surface area contributed by atoms with Crippen molar-refractivity contribution in [2.45, 2.75) is 19.9 Å². The second-order valence-electron chi connectivity index (χ2n) is 6.00. The molecule has 1 aliphatic heterocycles. The molecule has 2 heterocycles. The molecular weight excluding hydrogens is 370 g/mol. The number of rotatable bonds is 4. The minimum Gasteiger partial charge on any atom is -0.338 e. The fraction of sp³-hybridized carbons (Fsp3) is 0.278. The van der Waals surface area contributed by atoms with E-state index in [0.29, 0.717) is 13.1 Å². The highest BCUT2D eigenvalue weighted by molar-refractivity contribution is 9.10. The number of amides is 2. The molecule has 0 radical (unpaired) electrons. The number of anilines is 1. The van der Waals surface area contributed by atoms with Crippen molar-refractivity contribution in [2.24, 2.45) is 5.92 Å². The fourth-order valence-electron chi connectivity index (χ4n) is 2.77. The predicted molar refractivity (Wildman–Crippen MR) is 95.3 cm³/mol. The van der Waals surface area contributed by atoms with Crippen molar-refractivity contribution in [3.63, 3.8) is 0 Å². The van der Waals surface area contributed by atoms with Gasteiger partial charge in [-0.05, 0) is 58.2 Å². The average molecular weight is 388 g/mol. The van der Waals surface area contributed by atoms with Crippen molar-refractivity contribution in [3.05, 3.63) is 58.3 Å². The molecule has 24 heavy (non-hydrogen) atoms. The molecule has 1 saturated heterocycles. The molecular formula is C18H18BrN3O2. The number of aromatic nitrogens is 1. The molecule has 0 aliphatic carbocycles. The van der Waals surface area contributed by atoms with Gasteiger partial charge in [0.05, 0.1) is 11.6 Å². The Bertz CT molecular complexity index is 764. The topological polar surface area (TPSA) is 62.3 Å². The van der Waals surface area contributed by atoms with Gasteiger partial charge < -0.3 is 10.2 Å². The van der Waals surface area contributed by atoms with E-state index in [-0.39, 0.29) is 24.2 Å². The second-order valence-corrected chi connectivity index (χ2v) is 6.86. The van der Waals surface area contributed by atoms with E-state index in [1.807, 2.05) is 37.3 Å². The lowest BCUT2D eigenvalue weighted by Crippen LogP contribution is -2.28. The average Bonchev–Trinajstić information content (AvgIpc) is 2.92. The lowest BCUT2D eigenvalue weighted by molar-refractivity contribution is -0.128. The molecule has 0 spiro atoms. The Morgan fingerprint density at radius 3 is 2.79 bits per heavy atom. The van der Waals surface area contributed by atoms with Crippen LogP contribution in [0, 0.1) is 12.8 Å². The quantitative estimate of drug-likeness (QED) is 0.876. The van der Waals surface area contributed by atoms with E-state index in [9.17, 15) is 9.59 Å². The summed E-state index contributed by atoms with van der Waals surface area (Å²) in [5.74, 6) is -0.437. The van der Waals surface area contributed by atoms with Gasteiger partial charge in [0, 0.05) is 36.4 Å². The van der Waals surface area contributed by atoms with Crippen LogP contribution in [0.25, 0.3) is 0 Å². The number of hydrogen-bond donors (Lipinski definition) is 1. The van der Waals surface area contributed by atoms with Gasteiger partial charge in [0.15, 0.2) is 0 Å². The summed E-state index contributed by atoms with van der Waals surface area (Å²) in [4.78, 5) is 30.4. The summed E-state index contributed by atoms with van der Waals surface area (Å²) < 4.78 is 0.841. The zero-order chi connectivity index (χ0) is 17.1. The maximum atomic E-state index is 12.5. The van der Waals surface area contributed by atoms with Gasteiger partial charge in [-0.3, -0.25) is 14.6 Å². The van der Waals surface area contributed by atoms with Gasteiger partial charge in [0.1, 0.15) is 0 Å². The number of benzene rings is 1. The van der Waals surface area contributed by atoms with Crippen LogP contribution in [0.3, 0.4) is 0 Å². The Morgan fingerprint density at radius 2 is 2.08 bits per heavy atom. The van der Waals surface area contributed by atoms with Gasteiger partial charge in [0.25, 0.3) is 0 Å². The first kappa shape index (κ1) is 16.6. The van der Waals surface area contributed by atoms with E-state index in [4.69, 9.17) is 0 Å². The molecule has 0 bridgehead atoms. The van der Waals surface area contributed by atoms with Crippen LogP contribution in [0.2, 0.25) is 0 Å². The van der Waals surface area contributed by atoms with Gasteiger partial charge in [-0.25, -0.2) is 0 Å². The number of hydrogen-bond acceptors (Lipinski definition) is 3. The number of carbonyl (C=O) groups is 2. The van der Waals surface area contributed by atoms with Crippen molar-refractivity contribution in [3.8, 4) is 0 Å². The third-order valence-electron chi connectivity index (χ3n) is 4.09. The summed E-state index contributed by atoms with van der Waals surface area (Å²) in [7, 11) is 0. The number of likely N-dealkylation sites (tertiary alicyclic amines) is 1. The van der Waals surface area contributed by atoms with Crippen molar-refractivity contribution >= 4 is 33.4 Å². The summed E-state index contributed by atoms with van der Waals surface area (Å²) in [6.07, 6.45) is 3.66. The molecule has 1 aromatic heterocycles. The number of aryl methyl sites for hydroxylation is 1. The molecule has 1 aromatic carbocycles. The molecule has 0 saturated carbocycles. The number of halogens is 1. The lowest BCUT2D eigenvalue weighted by Gasteiger charge is -2.17. The molecule has 6 heteroatoms. The second kappa shape index (κ2) is 7.13. The van der Waals surface area contributed by atoms with Crippen LogP contribution in [0.1, 0.15) is 17.5 Å². The van der Waals surface area contributed by atoms with E-state index >= 15 is 0 Å². The largest absolute Gasteiger partial charge is 0.338 e. The van der Waals surface area contributed by atoms with Crippen molar-refractivity contribution in [1.29, 1.82) is 0 Å². The third-order valence-corrected chi connectivity index (χ3v) is 4.75. The highest BCUT2D eigenvalue weighted by Crippen LogP contribution is 2.26. The van der Waals surface area contributed by atoms with E-state index in [1.165, 1.54) is 0 Å². The number of nitrogens with one attached hydrogen (secondary N) is 1. The lowest BCUT2D eigenvalue weighted by atomic mass is 10.1. The normalized spacial score (nSPS) is 17.2. The van der Waals surface area contributed by atoms with Crippen molar-refractivity contribution in [1.82, 2.24) is 9.88 Å². The molecule has 1 atom stereocenters. The molecule has 2 amide bonds. The number of pyridine rings is 1. The number of carbonyl (C=O) groups excluding carboxylic acids is 2. The Balaban J connectivity index is 1.63. The van der Waals surface area contributed by atoms with Gasteiger partial charge in [-0.15, -0.1) is 0 Å². The predicted octanol–water partition coefficient (Wildman–Crippen LogP) is 3.14. The van der Waals surface area contributed by atoms with Crippen LogP contribution in [0.5, 0.6) is 0 Å². The standard InChI is InChI=1S/C18H18BrN3O2/c1-12-2-3-16(15(19)8-12)21-18(24)14-9-17(23)22(11-14)10-13-4-6-20-7-5-13/h2-8,14H,9-11H2,1H3,(H,21,24). The molecule has 1 aliphatic rings. The summed E-state index contributed by atoms with van der Waals surface area (Å²) in [6, 6.07) is 9.51. The SMILES string of the molecule is Cc1ccc(NC(=O)C2CC(=O)N(Cc3ccncc3)C2)c(Br)c1. The Labute approximate surface area is 149 Å². The summed E-state index contributed by atoms with van der Waals surface area (Å²) in [5.41, 5.74) is 2.85. The van der Waals surface area contributed by atoms with Crippen molar-refractivity contribution in [2.75, 3.05) is 11.9 Å². The van der Waals surface area contributed by atoms with E-state index in [1.54, 1.807) is 17.3 Å². The minimum atomic E-state index is -0.326. The molecule has 5 nitrogen and oxygen atoms in total. The van der Waals surface area contributed by atoms with Crippen LogP contribution in [0.4, 0.5) is 5.69 Å². The first-order chi connectivity index (χ1) is 11.5. The van der Waals surface area contributed by atoms with Gasteiger partial charge in [0.2, 0.25) is 11.8 Å². The molecule has 1 unspecified atom stereocenters. The van der Waals surface area contributed by atoms with Crippen LogP contribution >= 0.6 is 15.9 Å². The third kappa shape index (κ3) is 3.82. The van der Waals surface area contributed by atoms with Gasteiger partial charge in [-0.1, -0.05) is 6.07 Å². The summed E-state index contributed by atoms with van der Waals surface area (Å²) in [6.45, 7) is 2.94. The molecule has 124 valence electrons. The van der Waals surface area contributed by atoms with E-state index in [2.05, 4.69) is 26.2 Å². The van der Waals surface area contributed by atoms with Crippen molar-refractivity contribution < 1.29 is 9.59 Å². The van der Waals surface area contributed by atoms with E-state index < -0.39 is 0 Å². The Morgan fingerprint density at radius 1 is 1.33 bits per heavy atom. The Kier molecular flexibility index (Phi) is 4.94. The Hall–Kier alpha value is -2.21. The van der Waals surface area contributed by atoms with Crippen LogP contribution in [-0.4, -0.2) is 28.2 Å². The van der Waals surface area contributed by atoms with Crippen LogP contribution < -0.4 is 5.32 Å². The van der Waals surface area contributed by atoms with Gasteiger partial charge >= 0.3 is 0 Å². The highest BCUT2D eigenvalue weighted by Gasteiger charge is 2.34. The van der Waals surface area contributed by atoms with Crippen LogP contribution in [-0.2, 0) is 16.1 Å². The first-order valence-electron chi connectivity index (χ1n) is 7.76. The smallest absolute Gasteiger partial charge is 0.229 e. The number of nitrogens with zero attached hydrogens (tertiary/aromatic N) is 2. The minimum absolute atomic E-state index is 0.00920. The highest BCUT2D eigenvalue weighted by atomic mass is 79.9. The maximum absolute atomic E-state index is 12.5. The van der Waals surface area contributed by atoms with E-state index in [0.717, 1.165) is 21.3 Å². The first-order valence-corrected chi connectivity index (χ1v) is 8.56. The van der Waals surface area contributed by atoms with Crippen LogP contribution in [0.15, 0.2) is 47.2 Å². The summed E-state index contributed by atoms with van der Waals surface area (Å²) in [5, 5.41) is 2.91. The zero-order valence-electron chi connectivity index (χ0n) is 13.3. The molecule has 1 fully saturated rings. The molecule has 1 N–H and O–H groups in total. The molecule has 3 rings (SSSR count). The fourth-order valence-corrected chi connectivity index (χ4v) is 3.36. The molecule has 2 aromatic rings. The maximum Gasteiger partial charge on any atom is 0.229 e. The zero-order valence-corrected chi connectivity index (χ0v) is 14.9.